The van der Waals surface area contributed by atoms with E-state index in [0.717, 1.165) is 12.1 Å². The molecule has 17 heavy (non-hydrogen) atoms. The van der Waals surface area contributed by atoms with Crippen LogP contribution in [0.15, 0.2) is 18.2 Å². The van der Waals surface area contributed by atoms with Crippen LogP contribution in [0.4, 0.5) is 37.7 Å². The van der Waals surface area contributed by atoms with E-state index in [9.17, 15) is 26.3 Å². The summed E-state index contributed by atoms with van der Waals surface area (Å²) in [6.45, 7) is 0. The highest BCUT2D eigenvalue weighted by Gasteiger charge is 2.58. The predicted molar refractivity (Wildman–Crippen MR) is 50.1 cm³/mol. The number of nitrogen functional groups attached to an aromatic ring is 2. The first-order valence-corrected chi connectivity index (χ1v) is 4.32. The topological polar surface area (TPSA) is 52.0 Å². The van der Waals surface area contributed by atoms with Crippen LogP contribution in [0.5, 0.6) is 0 Å². The lowest BCUT2D eigenvalue weighted by Crippen LogP contribution is -2.34. The van der Waals surface area contributed by atoms with Gasteiger partial charge in [0.1, 0.15) is 0 Å². The van der Waals surface area contributed by atoms with Crippen LogP contribution in [0, 0.1) is 0 Å². The summed E-state index contributed by atoms with van der Waals surface area (Å²) in [4.78, 5) is 0. The van der Waals surface area contributed by atoms with Crippen LogP contribution in [-0.2, 0) is 0 Å². The molecule has 96 valence electrons. The van der Waals surface area contributed by atoms with Gasteiger partial charge in [-0.1, -0.05) is 12.1 Å². The van der Waals surface area contributed by atoms with Gasteiger partial charge in [0, 0.05) is 0 Å². The quantitative estimate of drug-likeness (QED) is 0.600. The van der Waals surface area contributed by atoms with Gasteiger partial charge < -0.3 is 11.5 Å². The van der Waals surface area contributed by atoms with Crippen LogP contribution in [0.3, 0.4) is 0 Å². The maximum atomic E-state index is 12.4. The van der Waals surface area contributed by atoms with E-state index < -0.39 is 29.5 Å². The fourth-order valence-electron chi connectivity index (χ4n) is 1.39. The molecule has 0 bridgehead atoms. The molecule has 0 aliphatic carbocycles. The Morgan fingerprint density at radius 1 is 0.882 bits per heavy atom. The van der Waals surface area contributed by atoms with Crippen LogP contribution in [0.1, 0.15) is 11.5 Å². The van der Waals surface area contributed by atoms with Crippen molar-refractivity contribution in [2.45, 2.75) is 18.3 Å². The van der Waals surface area contributed by atoms with E-state index in [2.05, 4.69) is 0 Å². The van der Waals surface area contributed by atoms with Gasteiger partial charge in [-0.25, -0.2) is 0 Å². The van der Waals surface area contributed by atoms with Gasteiger partial charge >= 0.3 is 12.4 Å². The predicted octanol–water partition coefficient (Wildman–Crippen LogP) is 3.06. The Morgan fingerprint density at radius 3 is 1.76 bits per heavy atom. The number of halogens is 6. The average Bonchev–Trinajstić information content (AvgIpc) is 2.08. The van der Waals surface area contributed by atoms with Crippen LogP contribution >= 0.6 is 0 Å². The zero-order valence-corrected chi connectivity index (χ0v) is 8.23. The first kappa shape index (κ1) is 13.5. The molecule has 0 fully saturated rings. The smallest absolute Gasteiger partial charge is 0.397 e. The van der Waals surface area contributed by atoms with E-state index in [1.54, 1.807) is 0 Å². The standard InChI is InChI=1S/C9H8F6N2/c10-8(11,12)7(9(13,14)15)4-2-1-3-5(16)6(4)17/h1-3,7H,16-17H2. The lowest BCUT2D eigenvalue weighted by molar-refractivity contribution is -0.253. The summed E-state index contributed by atoms with van der Waals surface area (Å²) in [5, 5.41) is 0. The van der Waals surface area contributed by atoms with E-state index in [1.807, 2.05) is 0 Å². The van der Waals surface area contributed by atoms with Gasteiger partial charge in [0.05, 0.1) is 11.4 Å². The number of rotatable bonds is 1. The van der Waals surface area contributed by atoms with Crippen molar-refractivity contribution >= 4 is 11.4 Å². The Bertz CT molecular complexity index is 395. The zero-order valence-electron chi connectivity index (χ0n) is 8.23. The Balaban J connectivity index is 3.39. The minimum absolute atomic E-state index is 0.319. The fraction of sp³-hybridized carbons (Fsp3) is 0.333. The summed E-state index contributed by atoms with van der Waals surface area (Å²) in [7, 11) is 0. The average molecular weight is 258 g/mol. The summed E-state index contributed by atoms with van der Waals surface area (Å²) in [5.74, 6) is -3.63. The van der Waals surface area contributed by atoms with Gasteiger partial charge in [0.2, 0.25) is 0 Å². The molecule has 2 nitrogen and oxygen atoms in total. The Hall–Kier alpha value is -1.60. The van der Waals surface area contributed by atoms with Gasteiger partial charge in [-0.15, -0.1) is 0 Å². The van der Waals surface area contributed by atoms with E-state index in [1.165, 1.54) is 0 Å². The van der Waals surface area contributed by atoms with Crippen molar-refractivity contribution in [3.8, 4) is 0 Å². The summed E-state index contributed by atoms with van der Waals surface area (Å²) in [6, 6.07) is 2.78. The Morgan fingerprint density at radius 2 is 1.35 bits per heavy atom. The molecule has 0 unspecified atom stereocenters. The number of anilines is 2. The van der Waals surface area contributed by atoms with Crippen molar-refractivity contribution in [1.29, 1.82) is 0 Å². The van der Waals surface area contributed by atoms with E-state index in [4.69, 9.17) is 11.5 Å². The molecular formula is C9H8F6N2. The lowest BCUT2D eigenvalue weighted by atomic mass is 9.95. The van der Waals surface area contributed by atoms with E-state index in [-0.39, 0.29) is 5.69 Å². The van der Waals surface area contributed by atoms with Gasteiger partial charge in [-0.3, -0.25) is 0 Å². The van der Waals surface area contributed by atoms with Crippen molar-refractivity contribution in [2.24, 2.45) is 0 Å². The Kier molecular flexibility index (Phi) is 3.17. The second kappa shape index (κ2) is 4.01. The number of benzene rings is 1. The Labute approximate surface area is 92.2 Å². The van der Waals surface area contributed by atoms with E-state index in [0.29, 0.717) is 6.07 Å². The molecule has 0 heterocycles. The molecule has 0 aliphatic rings. The highest BCUT2D eigenvalue weighted by Crippen LogP contribution is 2.48. The molecule has 1 aromatic carbocycles. The maximum absolute atomic E-state index is 12.4. The highest BCUT2D eigenvalue weighted by atomic mass is 19.4. The number of hydrogen-bond acceptors (Lipinski definition) is 2. The third kappa shape index (κ3) is 2.75. The number of alkyl halides is 6. The second-order valence-corrected chi connectivity index (χ2v) is 3.37. The normalized spacial score (nSPS) is 13.1. The zero-order chi connectivity index (χ0) is 13.4. The van der Waals surface area contributed by atoms with Crippen LogP contribution < -0.4 is 11.5 Å². The monoisotopic (exact) mass is 258 g/mol. The van der Waals surface area contributed by atoms with Gasteiger partial charge in [-0.2, -0.15) is 26.3 Å². The minimum atomic E-state index is -5.47. The van der Waals surface area contributed by atoms with Crippen molar-refractivity contribution in [2.75, 3.05) is 11.5 Å². The summed E-state index contributed by atoms with van der Waals surface area (Å²) in [6.07, 6.45) is -10.9. The molecular weight excluding hydrogens is 250 g/mol. The minimum Gasteiger partial charge on any atom is -0.397 e. The van der Waals surface area contributed by atoms with E-state index >= 15 is 0 Å². The van der Waals surface area contributed by atoms with Gasteiger partial charge in [0.25, 0.3) is 0 Å². The van der Waals surface area contributed by atoms with Crippen molar-refractivity contribution < 1.29 is 26.3 Å². The molecule has 0 radical (unpaired) electrons. The van der Waals surface area contributed by atoms with Crippen molar-refractivity contribution in [3.63, 3.8) is 0 Å². The molecule has 0 aromatic heterocycles. The maximum Gasteiger partial charge on any atom is 0.404 e. The molecule has 0 amide bonds. The SMILES string of the molecule is Nc1cccc(C(C(F)(F)F)C(F)(F)F)c1N. The molecule has 1 aromatic rings. The van der Waals surface area contributed by atoms with Crippen molar-refractivity contribution in [1.82, 2.24) is 0 Å². The first-order chi connectivity index (χ1) is 7.55. The molecule has 0 saturated heterocycles. The summed E-state index contributed by atoms with van der Waals surface area (Å²) >= 11 is 0. The number of para-hydroxylation sites is 1. The number of nitrogens with two attached hydrogens (primary N) is 2. The van der Waals surface area contributed by atoms with Gasteiger partial charge in [-0.05, 0) is 11.6 Å². The van der Waals surface area contributed by atoms with Crippen molar-refractivity contribution in [3.05, 3.63) is 23.8 Å². The molecule has 1 rings (SSSR count). The summed E-state index contributed by atoms with van der Waals surface area (Å²) < 4.78 is 74.4. The molecule has 0 aliphatic heterocycles. The fourth-order valence-corrected chi connectivity index (χ4v) is 1.39. The lowest BCUT2D eigenvalue weighted by Gasteiger charge is -2.24. The third-order valence-electron chi connectivity index (χ3n) is 2.14. The largest absolute Gasteiger partial charge is 0.404 e. The summed E-state index contributed by atoms with van der Waals surface area (Å²) in [5.41, 5.74) is 8.24. The second-order valence-electron chi connectivity index (χ2n) is 3.37. The van der Waals surface area contributed by atoms with Crippen LogP contribution in [0.2, 0.25) is 0 Å². The molecule has 0 saturated carbocycles. The van der Waals surface area contributed by atoms with Crippen LogP contribution in [-0.4, -0.2) is 12.4 Å². The molecule has 0 atom stereocenters. The van der Waals surface area contributed by atoms with Gasteiger partial charge in [0.15, 0.2) is 5.92 Å². The molecule has 4 N–H and O–H groups in total. The molecule has 8 heteroatoms. The van der Waals surface area contributed by atoms with Crippen LogP contribution in [0.25, 0.3) is 0 Å². The molecule has 0 spiro atoms. The first-order valence-electron chi connectivity index (χ1n) is 4.32. The third-order valence-corrected chi connectivity index (χ3v) is 2.14. The highest BCUT2D eigenvalue weighted by molar-refractivity contribution is 5.68. The number of hydrogen-bond donors (Lipinski definition) is 2.